The predicted molar refractivity (Wildman–Crippen MR) is 92.6 cm³/mol. The van der Waals surface area contributed by atoms with Gasteiger partial charge in [-0.25, -0.2) is 0 Å². The number of fused-ring (bicyclic) bond motifs is 1. The van der Waals surface area contributed by atoms with E-state index in [0.717, 1.165) is 18.4 Å². The first-order chi connectivity index (χ1) is 11.6. The lowest BCUT2D eigenvalue weighted by atomic mass is 9.85. The van der Waals surface area contributed by atoms with Crippen molar-refractivity contribution < 1.29 is 9.90 Å². The lowest BCUT2D eigenvalue weighted by Gasteiger charge is -2.21. The van der Waals surface area contributed by atoms with Crippen molar-refractivity contribution in [2.75, 3.05) is 0 Å². The Morgan fingerprint density at radius 2 is 2.08 bits per heavy atom. The van der Waals surface area contributed by atoms with Crippen molar-refractivity contribution in [2.24, 2.45) is 5.92 Å². The molecular weight excluding hydrogens is 304 g/mol. The minimum absolute atomic E-state index is 0.179. The SMILES string of the molecule is Cc1cccn2c(=O)c(C(=O)CCCC3CCCCC3)c(O)nc12. The molecular formula is C19H24N2O3. The van der Waals surface area contributed by atoms with Gasteiger partial charge in [0.15, 0.2) is 5.78 Å². The number of rotatable bonds is 5. The van der Waals surface area contributed by atoms with Crippen LogP contribution in [0.2, 0.25) is 0 Å². The zero-order chi connectivity index (χ0) is 17.1. The van der Waals surface area contributed by atoms with Crippen molar-refractivity contribution in [2.45, 2.75) is 58.3 Å². The molecule has 0 amide bonds. The number of carbonyl (C=O) groups excluding carboxylic acids is 1. The van der Waals surface area contributed by atoms with Crippen molar-refractivity contribution in [1.29, 1.82) is 0 Å². The van der Waals surface area contributed by atoms with Crippen LogP contribution in [0.5, 0.6) is 5.88 Å². The highest BCUT2D eigenvalue weighted by Crippen LogP contribution is 2.28. The number of hydrogen-bond acceptors (Lipinski definition) is 4. The maximum Gasteiger partial charge on any atom is 0.272 e. The normalized spacial score (nSPS) is 15.7. The van der Waals surface area contributed by atoms with E-state index in [1.807, 2.05) is 13.0 Å². The highest BCUT2D eigenvalue weighted by atomic mass is 16.3. The van der Waals surface area contributed by atoms with E-state index in [1.165, 1.54) is 36.5 Å². The Morgan fingerprint density at radius 1 is 1.33 bits per heavy atom. The van der Waals surface area contributed by atoms with Gasteiger partial charge in [-0.1, -0.05) is 44.6 Å². The molecule has 1 saturated carbocycles. The van der Waals surface area contributed by atoms with Crippen molar-refractivity contribution in [1.82, 2.24) is 9.38 Å². The van der Waals surface area contributed by atoms with Gasteiger partial charge in [0.2, 0.25) is 5.88 Å². The molecule has 0 spiro atoms. The average molecular weight is 328 g/mol. The largest absolute Gasteiger partial charge is 0.493 e. The Kier molecular flexibility index (Phi) is 4.97. The van der Waals surface area contributed by atoms with Gasteiger partial charge < -0.3 is 5.11 Å². The van der Waals surface area contributed by atoms with Crippen LogP contribution in [0.15, 0.2) is 23.1 Å². The van der Waals surface area contributed by atoms with E-state index in [-0.39, 0.29) is 11.3 Å². The second-order valence-electron chi connectivity index (χ2n) is 6.82. The minimum atomic E-state index is -0.483. The van der Waals surface area contributed by atoms with Crippen LogP contribution in [-0.2, 0) is 0 Å². The first kappa shape index (κ1) is 16.7. The molecule has 5 nitrogen and oxygen atoms in total. The molecule has 24 heavy (non-hydrogen) atoms. The first-order valence-electron chi connectivity index (χ1n) is 8.82. The molecule has 1 N–H and O–H groups in total. The maximum absolute atomic E-state index is 12.5. The monoisotopic (exact) mass is 328 g/mol. The molecule has 128 valence electrons. The van der Waals surface area contributed by atoms with E-state index in [4.69, 9.17) is 0 Å². The topological polar surface area (TPSA) is 71.7 Å². The van der Waals surface area contributed by atoms with Crippen LogP contribution in [-0.4, -0.2) is 20.3 Å². The Labute approximate surface area is 141 Å². The second-order valence-corrected chi connectivity index (χ2v) is 6.82. The van der Waals surface area contributed by atoms with Crippen LogP contribution < -0.4 is 5.56 Å². The highest BCUT2D eigenvalue weighted by Gasteiger charge is 2.21. The Hall–Kier alpha value is -2.17. The zero-order valence-corrected chi connectivity index (χ0v) is 14.1. The van der Waals surface area contributed by atoms with Crippen molar-refractivity contribution in [3.63, 3.8) is 0 Å². The summed E-state index contributed by atoms with van der Waals surface area (Å²) in [5.41, 5.74) is 0.505. The summed E-state index contributed by atoms with van der Waals surface area (Å²) in [5, 5.41) is 10.1. The number of ketones is 1. The molecule has 2 heterocycles. The average Bonchev–Trinajstić information content (AvgIpc) is 2.57. The number of Topliss-reactive ketones (excluding diaryl/α,β-unsaturated/α-hetero) is 1. The van der Waals surface area contributed by atoms with Gasteiger partial charge in [0, 0.05) is 12.6 Å². The molecule has 0 bridgehead atoms. The fourth-order valence-corrected chi connectivity index (χ4v) is 3.68. The fraction of sp³-hybridized carbons (Fsp3) is 0.526. The molecule has 0 radical (unpaired) electrons. The quantitative estimate of drug-likeness (QED) is 0.851. The Balaban J connectivity index is 1.76. The van der Waals surface area contributed by atoms with Gasteiger partial charge in [0.25, 0.3) is 5.56 Å². The van der Waals surface area contributed by atoms with Crippen LogP contribution in [0.1, 0.15) is 67.3 Å². The summed E-state index contributed by atoms with van der Waals surface area (Å²) in [5.74, 6) is -0.0488. The third-order valence-corrected chi connectivity index (χ3v) is 5.05. The number of carbonyl (C=O) groups is 1. The first-order valence-corrected chi connectivity index (χ1v) is 8.82. The van der Waals surface area contributed by atoms with Gasteiger partial charge in [-0.2, -0.15) is 4.98 Å². The lowest BCUT2D eigenvalue weighted by molar-refractivity contribution is 0.0971. The predicted octanol–water partition coefficient (Wildman–Crippen LogP) is 3.64. The number of aromatic hydroxyl groups is 1. The number of aryl methyl sites for hydroxylation is 1. The molecule has 2 aromatic heterocycles. The number of aromatic nitrogens is 2. The lowest BCUT2D eigenvalue weighted by Crippen LogP contribution is -2.23. The molecule has 0 aliphatic heterocycles. The summed E-state index contributed by atoms with van der Waals surface area (Å²) in [6.07, 6.45) is 10.0. The summed E-state index contributed by atoms with van der Waals surface area (Å²) in [6.45, 7) is 1.81. The summed E-state index contributed by atoms with van der Waals surface area (Å²) < 4.78 is 1.34. The molecule has 1 fully saturated rings. The molecule has 3 rings (SSSR count). The van der Waals surface area contributed by atoms with Gasteiger partial charge in [-0.05, 0) is 30.9 Å². The van der Waals surface area contributed by atoms with E-state index in [9.17, 15) is 14.7 Å². The highest BCUT2D eigenvalue weighted by molar-refractivity contribution is 5.97. The van der Waals surface area contributed by atoms with E-state index in [1.54, 1.807) is 12.3 Å². The van der Waals surface area contributed by atoms with Crippen LogP contribution in [0.25, 0.3) is 5.65 Å². The van der Waals surface area contributed by atoms with Crippen LogP contribution in [0.4, 0.5) is 0 Å². The van der Waals surface area contributed by atoms with Gasteiger partial charge in [0.05, 0.1) is 0 Å². The fourth-order valence-electron chi connectivity index (χ4n) is 3.68. The third kappa shape index (κ3) is 3.35. The standard InChI is InChI=1S/C19H24N2O3/c1-13-7-6-12-21-17(13)20-18(23)16(19(21)24)15(22)11-5-10-14-8-3-2-4-9-14/h6-7,12,14,23H,2-5,8-11H2,1H3. The van der Waals surface area contributed by atoms with Gasteiger partial charge in [0.1, 0.15) is 11.2 Å². The summed E-state index contributed by atoms with van der Waals surface area (Å²) >= 11 is 0. The molecule has 1 aliphatic rings. The van der Waals surface area contributed by atoms with Crippen LogP contribution in [0, 0.1) is 12.8 Å². The van der Waals surface area contributed by atoms with Crippen molar-refractivity contribution >= 4 is 11.4 Å². The molecule has 0 aromatic carbocycles. The second kappa shape index (κ2) is 7.16. The number of hydrogen-bond donors (Lipinski definition) is 1. The number of nitrogens with zero attached hydrogens (tertiary/aromatic N) is 2. The third-order valence-electron chi connectivity index (χ3n) is 5.05. The molecule has 0 atom stereocenters. The van der Waals surface area contributed by atoms with E-state index >= 15 is 0 Å². The van der Waals surface area contributed by atoms with E-state index < -0.39 is 11.4 Å². The minimum Gasteiger partial charge on any atom is -0.493 e. The van der Waals surface area contributed by atoms with Crippen LogP contribution in [0.3, 0.4) is 0 Å². The van der Waals surface area contributed by atoms with Crippen LogP contribution >= 0.6 is 0 Å². The van der Waals surface area contributed by atoms with Crippen molar-refractivity contribution in [3.05, 3.63) is 39.8 Å². The van der Waals surface area contributed by atoms with Crippen molar-refractivity contribution in [3.8, 4) is 5.88 Å². The summed E-state index contributed by atoms with van der Waals surface area (Å²) in [6, 6.07) is 3.55. The molecule has 1 aliphatic carbocycles. The zero-order valence-electron chi connectivity index (χ0n) is 14.1. The maximum atomic E-state index is 12.5. The van der Waals surface area contributed by atoms with Gasteiger partial charge in [-0.15, -0.1) is 0 Å². The Morgan fingerprint density at radius 3 is 2.83 bits per heavy atom. The van der Waals surface area contributed by atoms with Gasteiger partial charge in [-0.3, -0.25) is 14.0 Å². The number of pyridine rings is 1. The van der Waals surface area contributed by atoms with Gasteiger partial charge >= 0.3 is 0 Å². The molecule has 2 aromatic rings. The van der Waals surface area contributed by atoms with E-state index in [0.29, 0.717) is 18.0 Å². The molecule has 0 unspecified atom stereocenters. The summed E-state index contributed by atoms with van der Waals surface area (Å²) in [7, 11) is 0. The molecule has 0 saturated heterocycles. The van der Waals surface area contributed by atoms with E-state index in [2.05, 4.69) is 4.98 Å². The summed E-state index contributed by atoms with van der Waals surface area (Å²) in [4.78, 5) is 29.0. The molecule has 5 heteroatoms. The smallest absolute Gasteiger partial charge is 0.272 e. The Bertz CT molecular complexity index is 804.